The zero-order valence-corrected chi connectivity index (χ0v) is 38.5. The summed E-state index contributed by atoms with van der Waals surface area (Å²) < 4.78 is 6.35. The molecule has 1 aliphatic carbocycles. The van der Waals surface area contributed by atoms with Gasteiger partial charge in [-0.1, -0.05) is 196 Å². The zero-order chi connectivity index (χ0) is 46.8. The first-order valence-electron chi connectivity index (χ1n) is 23.6. The Morgan fingerprint density at radius 2 is 0.757 bits per heavy atom. The van der Waals surface area contributed by atoms with Crippen molar-refractivity contribution in [3.63, 3.8) is 0 Å². The van der Waals surface area contributed by atoms with E-state index in [0.717, 1.165) is 83.4 Å². The van der Waals surface area contributed by atoms with Crippen LogP contribution in [-0.2, 0) is 5.41 Å². The molecular weight excluding hydrogens is 855 g/mol. The largest absolute Gasteiger partial charge is 0.456 e. The highest BCUT2D eigenvalue weighted by Crippen LogP contribution is 2.49. The number of fused-ring (bicyclic) bond motifs is 6. The fourth-order valence-corrected chi connectivity index (χ4v) is 10.1. The van der Waals surface area contributed by atoms with Crippen LogP contribution in [-0.4, -0.2) is 24.9 Å². The van der Waals surface area contributed by atoms with E-state index in [4.69, 9.17) is 29.3 Å². The van der Waals surface area contributed by atoms with E-state index in [1.165, 1.54) is 27.8 Å². The summed E-state index contributed by atoms with van der Waals surface area (Å²) in [5.74, 6) is 2.43. The molecule has 3 aromatic heterocycles. The summed E-state index contributed by atoms with van der Waals surface area (Å²) in [6, 6.07) is 78.0. The normalized spacial score (nSPS) is 12.5. The Bertz CT molecular complexity index is 3970. The Hall–Kier alpha value is -9.13. The predicted molar refractivity (Wildman–Crippen MR) is 284 cm³/mol. The van der Waals surface area contributed by atoms with Crippen molar-refractivity contribution >= 4 is 21.9 Å². The van der Waals surface area contributed by atoms with E-state index in [1.54, 1.807) is 0 Å². The molecule has 0 amide bonds. The van der Waals surface area contributed by atoms with Gasteiger partial charge in [0.05, 0.1) is 11.4 Å². The maximum Gasteiger partial charge on any atom is 0.164 e. The number of benzene rings is 9. The van der Waals surface area contributed by atoms with E-state index in [-0.39, 0.29) is 5.41 Å². The van der Waals surface area contributed by atoms with Crippen molar-refractivity contribution in [2.75, 3.05) is 0 Å². The van der Waals surface area contributed by atoms with Gasteiger partial charge in [-0.15, -0.1) is 0 Å². The van der Waals surface area contributed by atoms with Crippen LogP contribution in [0.1, 0.15) is 25.0 Å². The molecule has 6 nitrogen and oxygen atoms in total. The SMILES string of the molecule is CC1(C)c2ccccc2-c2ccc(-c3nc(-c4cccc(-c5cccc(-c6cc(-c7ccc(-c8ccccc8)cc7)nc(-c7ccccc7)n6)c5)c4)nc(-c4ccc5c(c4)oc4ccccc45)n3)cc21. The number of nitrogens with zero attached hydrogens (tertiary/aromatic N) is 5. The van der Waals surface area contributed by atoms with Crippen molar-refractivity contribution < 1.29 is 4.42 Å². The van der Waals surface area contributed by atoms with Gasteiger partial charge >= 0.3 is 0 Å². The topological polar surface area (TPSA) is 77.6 Å². The summed E-state index contributed by atoms with van der Waals surface area (Å²) in [5, 5.41) is 2.13. The molecule has 0 N–H and O–H groups in total. The molecule has 0 radical (unpaired) electrons. The highest BCUT2D eigenvalue weighted by atomic mass is 16.3. The summed E-state index contributed by atoms with van der Waals surface area (Å²) in [6.45, 7) is 4.59. The smallest absolute Gasteiger partial charge is 0.164 e. The quantitative estimate of drug-likeness (QED) is 0.151. The average Bonchev–Trinajstić information content (AvgIpc) is 3.92. The average molecular weight is 898 g/mol. The van der Waals surface area contributed by atoms with Gasteiger partial charge in [-0.05, 0) is 87.0 Å². The van der Waals surface area contributed by atoms with Gasteiger partial charge in [0.15, 0.2) is 23.3 Å². The monoisotopic (exact) mass is 897 g/mol. The van der Waals surface area contributed by atoms with Gasteiger partial charge in [0, 0.05) is 49.6 Å². The molecule has 0 bridgehead atoms. The first-order valence-corrected chi connectivity index (χ1v) is 23.6. The summed E-state index contributed by atoms with van der Waals surface area (Å²) in [7, 11) is 0. The summed E-state index contributed by atoms with van der Waals surface area (Å²) in [5.41, 5.74) is 18.3. The van der Waals surface area contributed by atoms with E-state index in [9.17, 15) is 0 Å². The predicted octanol–water partition coefficient (Wildman–Crippen LogP) is 16.2. The van der Waals surface area contributed by atoms with E-state index >= 15 is 0 Å². The van der Waals surface area contributed by atoms with E-state index in [0.29, 0.717) is 23.3 Å². The van der Waals surface area contributed by atoms with Gasteiger partial charge in [-0.3, -0.25) is 0 Å². The van der Waals surface area contributed by atoms with Crippen LogP contribution in [0.15, 0.2) is 229 Å². The highest BCUT2D eigenvalue weighted by Gasteiger charge is 2.35. The van der Waals surface area contributed by atoms with E-state index in [1.807, 2.05) is 48.5 Å². The molecule has 3 heterocycles. The van der Waals surface area contributed by atoms with Crippen molar-refractivity contribution in [1.82, 2.24) is 24.9 Å². The van der Waals surface area contributed by atoms with Crippen molar-refractivity contribution in [1.29, 1.82) is 0 Å². The molecule has 0 saturated heterocycles. The molecule has 0 fully saturated rings. The second kappa shape index (κ2) is 16.6. The third-order valence-electron chi connectivity index (χ3n) is 13.8. The summed E-state index contributed by atoms with van der Waals surface area (Å²) >= 11 is 0. The Morgan fingerprint density at radius 1 is 0.286 bits per heavy atom. The van der Waals surface area contributed by atoms with Crippen LogP contribution < -0.4 is 0 Å². The first-order chi connectivity index (χ1) is 34.4. The number of hydrogen-bond donors (Lipinski definition) is 0. The number of para-hydroxylation sites is 1. The molecule has 70 heavy (non-hydrogen) atoms. The standard InChI is InChI=1S/C64H43N5O/c1-64(2)54-25-11-9-23-50(54)51-33-31-48(37-55(51)64)62-67-61(68-63(69-62)49-32-34-53-52-24-10-12-26-58(52)70-59(53)38-49)47-22-14-20-45(36-47)44-19-13-21-46(35-44)57-39-56(65-60(66-57)43-17-7-4-8-18-43)42-29-27-41(28-30-42)40-15-5-3-6-16-40/h3-39H,1-2H3. The highest BCUT2D eigenvalue weighted by molar-refractivity contribution is 6.05. The van der Waals surface area contributed by atoms with Crippen molar-refractivity contribution in [3.8, 4) is 101 Å². The number of aromatic nitrogens is 5. The van der Waals surface area contributed by atoms with Crippen molar-refractivity contribution in [2.24, 2.45) is 0 Å². The van der Waals surface area contributed by atoms with Gasteiger partial charge < -0.3 is 4.42 Å². The van der Waals surface area contributed by atoms with Crippen molar-refractivity contribution in [3.05, 3.63) is 236 Å². The lowest BCUT2D eigenvalue weighted by atomic mass is 9.82. The van der Waals surface area contributed by atoms with Crippen LogP contribution in [0, 0.1) is 0 Å². The molecule has 0 saturated carbocycles. The third-order valence-corrected chi connectivity index (χ3v) is 13.8. The number of rotatable bonds is 8. The molecule has 0 atom stereocenters. The van der Waals surface area contributed by atoms with Crippen LogP contribution in [0.3, 0.4) is 0 Å². The van der Waals surface area contributed by atoms with Gasteiger partial charge in [-0.25, -0.2) is 24.9 Å². The molecule has 13 rings (SSSR count). The maximum atomic E-state index is 6.35. The van der Waals surface area contributed by atoms with Crippen LogP contribution in [0.25, 0.3) is 123 Å². The minimum Gasteiger partial charge on any atom is -0.456 e. The van der Waals surface area contributed by atoms with Crippen LogP contribution >= 0.6 is 0 Å². The molecule has 1 aliphatic rings. The van der Waals surface area contributed by atoms with Crippen LogP contribution in [0.2, 0.25) is 0 Å². The number of hydrogen-bond acceptors (Lipinski definition) is 6. The molecule has 0 aliphatic heterocycles. The van der Waals surface area contributed by atoms with Gasteiger partial charge in [0.1, 0.15) is 11.2 Å². The van der Waals surface area contributed by atoms with Gasteiger partial charge in [0.2, 0.25) is 0 Å². The van der Waals surface area contributed by atoms with Gasteiger partial charge in [-0.2, -0.15) is 0 Å². The lowest BCUT2D eigenvalue weighted by Crippen LogP contribution is -2.15. The summed E-state index contributed by atoms with van der Waals surface area (Å²) in [6.07, 6.45) is 0. The maximum absolute atomic E-state index is 6.35. The Balaban J connectivity index is 0.903. The van der Waals surface area contributed by atoms with E-state index < -0.39 is 0 Å². The molecule has 330 valence electrons. The Kier molecular flexibility index (Phi) is 9.73. The second-order valence-electron chi connectivity index (χ2n) is 18.5. The Morgan fingerprint density at radius 3 is 1.50 bits per heavy atom. The molecule has 0 spiro atoms. The van der Waals surface area contributed by atoms with E-state index in [2.05, 4.69) is 190 Å². The Labute approximate surface area is 405 Å². The molecule has 6 heteroatoms. The minimum absolute atomic E-state index is 0.180. The lowest BCUT2D eigenvalue weighted by Gasteiger charge is -2.21. The fraction of sp³-hybridized carbons (Fsp3) is 0.0469. The third kappa shape index (κ3) is 7.25. The number of furan rings is 1. The molecule has 0 unspecified atom stereocenters. The minimum atomic E-state index is -0.180. The summed E-state index contributed by atoms with van der Waals surface area (Å²) in [4.78, 5) is 26.0. The molecule has 9 aromatic carbocycles. The lowest BCUT2D eigenvalue weighted by molar-refractivity contribution is 0.660. The fourth-order valence-electron chi connectivity index (χ4n) is 10.1. The second-order valence-corrected chi connectivity index (χ2v) is 18.5. The first kappa shape index (κ1) is 41.1. The zero-order valence-electron chi connectivity index (χ0n) is 38.5. The van der Waals surface area contributed by atoms with Crippen LogP contribution in [0.5, 0.6) is 0 Å². The van der Waals surface area contributed by atoms with Crippen molar-refractivity contribution in [2.45, 2.75) is 19.3 Å². The molecular formula is C64H43N5O. The van der Waals surface area contributed by atoms with Gasteiger partial charge in [0.25, 0.3) is 0 Å². The molecule has 12 aromatic rings. The van der Waals surface area contributed by atoms with Crippen LogP contribution in [0.4, 0.5) is 0 Å².